The number of nitrogens with zero attached hydrogens (tertiary/aromatic N) is 3. The molecule has 0 unspecified atom stereocenters. The summed E-state index contributed by atoms with van der Waals surface area (Å²) < 4.78 is 44.5. The fraction of sp³-hybridized carbons (Fsp3) is 0.250. The predicted molar refractivity (Wildman–Crippen MR) is 97.4 cm³/mol. The molecule has 1 aromatic heterocycles. The van der Waals surface area contributed by atoms with Crippen molar-refractivity contribution in [3.63, 3.8) is 0 Å². The minimum absolute atomic E-state index is 0.0981. The number of ether oxygens (including phenoxy) is 1. The number of hydrogen-bond donors (Lipinski definition) is 0. The summed E-state index contributed by atoms with van der Waals surface area (Å²) >= 11 is 0. The molecule has 0 radical (unpaired) electrons. The van der Waals surface area contributed by atoms with Crippen LogP contribution in [-0.4, -0.2) is 42.1 Å². The first kappa shape index (κ1) is 18.4. The van der Waals surface area contributed by atoms with E-state index in [0.29, 0.717) is 31.9 Å². The topological polar surface area (TPSA) is 55.3 Å². The average Bonchev–Trinajstić information content (AvgIpc) is 2.72. The van der Waals surface area contributed by atoms with Crippen LogP contribution in [0.4, 0.5) is 19.0 Å². The number of halogens is 3. The zero-order valence-corrected chi connectivity index (χ0v) is 14.7. The van der Waals surface area contributed by atoms with E-state index in [2.05, 4.69) is 9.97 Å². The Morgan fingerprint density at radius 3 is 2.36 bits per heavy atom. The number of benzene rings is 2. The maximum Gasteiger partial charge on any atom is 0.416 e. The minimum Gasteiger partial charge on any atom is -0.378 e. The third-order valence-corrected chi connectivity index (χ3v) is 4.53. The quantitative estimate of drug-likeness (QED) is 0.642. The molecule has 5 nitrogen and oxygen atoms in total. The molecule has 1 saturated heterocycles. The van der Waals surface area contributed by atoms with Crippen LogP contribution in [0, 0.1) is 0 Å². The lowest BCUT2D eigenvalue weighted by Crippen LogP contribution is -2.38. The van der Waals surface area contributed by atoms with E-state index in [1.54, 1.807) is 30.3 Å². The number of hydrogen-bond acceptors (Lipinski definition) is 5. The van der Waals surface area contributed by atoms with Gasteiger partial charge in [-0.1, -0.05) is 30.3 Å². The van der Waals surface area contributed by atoms with Crippen LogP contribution in [0.25, 0.3) is 11.0 Å². The maximum atomic E-state index is 13.1. The van der Waals surface area contributed by atoms with Gasteiger partial charge >= 0.3 is 6.18 Å². The van der Waals surface area contributed by atoms with Gasteiger partial charge in [0, 0.05) is 18.7 Å². The molecule has 1 fully saturated rings. The third-order valence-electron chi connectivity index (χ3n) is 4.53. The van der Waals surface area contributed by atoms with Gasteiger partial charge in [0.25, 0.3) is 0 Å². The monoisotopic (exact) mass is 387 g/mol. The largest absolute Gasteiger partial charge is 0.416 e. The molecule has 1 aliphatic rings. The molecule has 0 saturated carbocycles. The highest BCUT2D eigenvalue weighted by atomic mass is 19.4. The molecule has 28 heavy (non-hydrogen) atoms. The van der Waals surface area contributed by atoms with E-state index in [4.69, 9.17) is 4.74 Å². The number of ketones is 1. The molecule has 144 valence electrons. The first-order valence-electron chi connectivity index (χ1n) is 8.75. The molecule has 3 aromatic rings. The molecule has 0 spiro atoms. The Kier molecular flexibility index (Phi) is 4.72. The second-order valence-corrected chi connectivity index (χ2v) is 6.39. The van der Waals surface area contributed by atoms with Crippen LogP contribution in [0.1, 0.15) is 21.6 Å². The van der Waals surface area contributed by atoms with Gasteiger partial charge in [-0.3, -0.25) is 4.79 Å². The molecule has 0 N–H and O–H groups in total. The standard InChI is InChI=1S/C20H16F3N3O2/c21-20(22,23)14-6-7-15-16(12-14)25-19(26-8-10-28-11-9-26)17(24-15)18(27)13-4-2-1-3-5-13/h1-7,12H,8-11H2. The lowest BCUT2D eigenvalue weighted by atomic mass is 10.1. The predicted octanol–water partition coefficient (Wildman–Crippen LogP) is 3.72. The highest BCUT2D eigenvalue weighted by Gasteiger charge is 2.31. The Morgan fingerprint density at radius 2 is 1.68 bits per heavy atom. The second kappa shape index (κ2) is 7.20. The normalized spacial score (nSPS) is 15.0. The molecular weight excluding hydrogens is 371 g/mol. The van der Waals surface area contributed by atoms with Gasteiger partial charge in [0.05, 0.1) is 29.8 Å². The van der Waals surface area contributed by atoms with Crippen molar-refractivity contribution in [2.75, 3.05) is 31.2 Å². The van der Waals surface area contributed by atoms with Crippen molar-refractivity contribution in [2.45, 2.75) is 6.18 Å². The number of rotatable bonds is 3. The molecule has 4 rings (SSSR count). The fourth-order valence-corrected chi connectivity index (χ4v) is 3.10. The lowest BCUT2D eigenvalue weighted by Gasteiger charge is -2.29. The van der Waals surface area contributed by atoms with Crippen LogP contribution >= 0.6 is 0 Å². The van der Waals surface area contributed by atoms with Crippen molar-refractivity contribution in [3.8, 4) is 0 Å². The zero-order valence-electron chi connectivity index (χ0n) is 14.7. The number of carbonyl (C=O) groups excluding carboxylic acids is 1. The number of fused-ring (bicyclic) bond motifs is 1. The van der Waals surface area contributed by atoms with Gasteiger partial charge in [-0.05, 0) is 18.2 Å². The lowest BCUT2D eigenvalue weighted by molar-refractivity contribution is -0.137. The first-order valence-corrected chi connectivity index (χ1v) is 8.75. The van der Waals surface area contributed by atoms with Gasteiger partial charge in [-0.25, -0.2) is 9.97 Å². The van der Waals surface area contributed by atoms with Gasteiger partial charge < -0.3 is 9.64 Å². The molecule has 0 bridgehead atoms. The summed E-state index contributed by atoms with van der Waals surface area (Å²) in [6.45, 7) is 1.85. The van der Waals surface area contributed by atoms with Crippen molar-refractivity contribution >= 4 is 22.6 Å². The molecule has 2 heterocycles. The van der Waals surface area contributed by atoms with E-state index in [0.717, 1.165) is 12.1 Å². The zero-order chi connectivity index (χ0) is 19.7. The molecule has 8 heteroatoms. The Balaban J connectivity index is 1.87. The highest BCUT2D eigenvalue weighted by molar-refractivity contribution is 6.11. The van der Waals surface area contributed by atoms with E-state index in [9.17, 15) is 18.0 Å². The van der Waals surface area contributed by atoms with Crippen LogP contribution in [0.15, 0.2) is 48.5 Å². The van der Waals surface area contributed by atoms with Crippen molar-refractivity contribution < 1.29 is 22.7 Å². The Labute approximate surface area is 158 Å². The molecule has 0 atom stereocenters. The van der Waals surface area contributed by atoms with Gasteiger partial charge in [-0.2, -0.15) is 13.2 Å². The van der Waals surface area contributed by atoms with Crippen LogP contribution in [0.5, 0.6) is 0 Å². The number of anilines is 1. The smallest absolute Gasteiger partial charge is 0.378 e. The number of carbonyl (C=O) groups is 1. The van der Waals surface area contributed by atoms with Crippen LogP contribution < -0.4 is 4.90 Å². The molecular formula is C20H16F3N3O2. The van der Waals surface area contributed by atoms with E-state index in [1.165, 1.54) is 6.07 Å². The van der Waals surface area contributed by atoms with E-state index < -0.39 is 11.7 Å². The van der Waals surface area contributed by atoms with E-state index >= 15 is 0 Å². The SMILES string of the molecule is O=C(c1ccccc1)c1nc2ccc(C(F)(F)F)cc2nc1N1CCOCC1. The first-order chi connectivity index (χ1) is 13.4. The Bertz CT molecular complexity index is 1020. The van der Waals surface area contributed by atoms with Crippen molar-refractivity contribution in [1.82, 2.24) is 9.97 Å². The summed E-state index contributed by atoms with van der Waals surface area (Å²) in [5.74, 6) is -0.0413. The second-order valence-electron chi connectivity index (χ2n) is 6.39. The molecule has 0 aliphatic carbocycles. The summed E-state index contributed by atoms with van der Waals surface area (Å²) in [6, 6.07) is 11.8. The third kappa shape index (κ3) is 3.55. The van der Waals surface area contributed by atoms with Crippen molar-refractivity contribution in [1.29, 1.82) is 0 Å². The average molecular weight is 387 g/mol. The van der Waals surface area contributed by atoms with Gasteiger partial charge in [0.1, 0.15) is 0 Å². The van der Waals surface area contributed by atoms with Crippen LogP contribution in [0.2, 0.25) is 0 Å². The summed E-state index contributed by atoms with van der Waals surface area (Å²) in [7, 11) is 0. The van der Waals surface area contributed by atoms with Crippen LogP contribution in [-0.2, 0) is 10.9 Å². The summed E-state index contributed by atoms with van der Waals surface area (Å²) in [5, 5.41) is 0. The molecule has 1 aliphatic heterocycles. The van der Waals surface area contributed by atoms with E-state index in [1.807, 2.05) is 4.90 Å². The van der Waals surface area contributed by atoms with Gasteiger partial charge in [-0.15, -0.1) is 0 Å². The van der Waals surface area contributed by atoms with Gasteiger partial charge in [0.15, 0.2) is 11.5 Å². The fourth-order valence-electron chi connectivity index (χ4n) is 3.10. The Hall–Kier alpha value is -3.00. The van der Waals surface area contributed by atoms with E-state index in [-0.39, 0.29) is 28.3 Å². The molecule has 2 aromatic carbocycles. The number of alkyl halides is 3. The maximum absolute atomic E-state index is 13.1. The van der Waals surface area contributed by atoms with Crippen molar-refractivity contribution in [2.24, 2.45) is 0 Å². The summed E-state index contributed by atoms with van der Waals surface area (Å²) in [5.41, 5.74) is 0.104. The highest BCUT2D eigenvalue weighted by Crippen LogP contribution is 2.32. The number of aromatic nitrogens is 2. The Morgan fingerprint density at radius 1 is 0.964 bits per heavy atom. The van der Waals surface area contributed by atoms with Crippen LogP contribution in [0.3, 0.4) is 0 Å². The minimum atomic E-state index is -4.48. The molecule has 0 amide bonds. The van der Waals surface area contributed by atoms with Crippen molar-refractivity contribution in [3.05, 3.63) is 65.4 Å². The van der Waals surface area contributed by atoms with Gasteiger partial charge in [0.2, 0.25) is 5.78 Å². The summed E-state index contributed by atoms with van der Waals surface area (Å²) in [4.78, 5) is 23.7. The summed E-state index contributed by atoms with van der Waals surface area (Å²) in [6.07, 6.45) is -4.48. The number of morpholine rings is 1.